The first-order valence-corrected chi connectivity index (χ1v) is 4.45. The zero-order valence-corrected chi connectivity index (χ0v) is 8.58. The Morgan fingerprint density at radius 1 is 1.43 bits per heavy atom. The van der Waals surface area contributed by atoms with Crippen LogP contribution < -0.4 is 0 Å². The Kier molecular flexibility index (Phi) is 5.15. The molecule has 6 heteroatoms. The van der Waals surface area contributed by atoms with Gasteiger partial charge in [-0.15, -0.1) is 11.6 Å². The summed E-state index contributed by atoms with van der Waals surface area (Å²) < 4.78 is 4.68. The number of ether oxygens (including phenoxy) is 1. The van der Waals surface area contributed by atoms with Gasteiger partial charge in [0.15, 0.2) is 0 Å². The highest BCUT2D eigenvalue weighted by atomic mass is 35.5. The average molecular weight is 223 g/mol. The molecule has 14 heavy (non-hydrogen) atoms. The van der Waals surface area contributed by atoms with Crippen LogP contribution in [0.25, 0.3) is 0 Å². The Labute approximate surface area is 86.0 Å². The highest BCUT2D eigenvalue weighted by molar-refractivity contribution is 6.53. The standard InChI is InChI=1S/C8H11ClO5/c1-3-4(2)14-8(13)5(9)6(10)7(11)12/h4-5H,3H2,1-2H3,(H,11,12). The Balaban J connectivity index is 4.26. The van der Waals surface area contributed by atoms with E-state index in [-0.39, 0.29) is 6.10 Å². The van der Waals surface area contributed by atoms with Crippen LogP contribution in [0.3, 0.4) is 0 Å². The van der Waals surface area contributed by atoms with E-state index in [0.717, 1.165) is 0 Å². The van der Waals surface area contributed by atoms with Crippen molar-refractivity contribution in [2.24, 2.45) is 0 Å². The van der Waals surface area contributed by atoms with Gasteiger partial charge in [-0.25, -0.2) is 9.59 Å². The van der Waals surface area contributed by atoms with Crippen LogP contribution in [0, 0.1) is 0 Å². The molecule has 0 spiro atoms. The number of carboxylic acids is 1. The van der Waals surface area contributed by atoms with E-state index in [1.54, 1.807) is 13.8 Å². The number of esters is 1. The van der Waals surface area contributed by atoms with Crippen molar-refractivity contribution in [3.8, 4) is 0 Å². The smallest absolute Gasteiger partial charge is 0.374 e. The van der Waals surface area contributed by atoms with E-state index in [1.807, 2.05) is 0 Å². The number of carbonyl (C=O) groups excluding carboxylic acids is 2. The minimum Gasteiger partial charge on any atom is -0.475 e. The SMILES string of the molecule is CCC(C)OC(=O)C(Cl)C(=O)C(=O)O. The summed E-state index contributed by atoms with van der Waals surface area (Å²) in [5.74, 6) is -4.14. The Bertz CT molecular complexity index is 250. The lowest BCUT2D eigenvalue weighted by Gasteiger charge is -2.12. The first-order valence-electron chi connectivity index (χ1n) is 4.01. The molecule has 0 aliphatic carbocycles. The highest BCUT2D eigenvalue weighted by Crippen LogP contribution is 2.05. The van der Waals surface area contributed by atoms with E-state index in [0.29, 0.717) is 6.42 Å². The molecule has 0 saturated heterocycles. The van der Waals surface area contributed by atoms with Crippen LogP contribution in [-0.4, -0.2) is 34.3 Å². The van der Waals surface area contributed by atoms with E-state index in [1.165, 1.54) is 0 Å². The van der Waals surface area contributed by atoms with Crippen molar-refractivity contribution in [1.82, 2.24) is 0 Å². The zero-order valence-electron chi connectivity index (χ0n) is 7.82. The molecular formula is C8H11ClO5. The molecule has 0 aromatic carbocycles. The molecule has 1 N–H and O–H groups in total. The van der Waals surface area contributed by atoms with E-state index >= 15 is 0 Å². The lowest BCUT2D eigenvalue weighted by molar-refractivity contribution is -0.156. The van der Waals surface area contributed by atoms with E-state index in [2.05, 4.69) is 4.74 Å². The molecule has 0 amide bonds. The number of hydrogen-bond acceptors (Lipinski definition) is 4. The van der Waals surface area contributed by atoms with E-state index in [4.69, 9.17) is 16.7 Å². The van der Waals surface area contributed by atoms with Crippen LogP contribution >= 0.6 is 11.6 Å². The molecule has 0 fully saturated rings. The van der Waals surface area contributed by atoms with Crippen LogP contribution in [-0.2, 0) is 19.1 Å². The summed E-state index contributed by atoms with van der Waals surface area (Å²) in [6, 6.07) is 0. The van der Waals surface area contributed by atoms with Crippen molar-refractivity contribution in [2.75, 3.05) is 0 Å². The third kappa shape index (κ3) is 3.74. The molecule has 0 saturated carbocycles. The maximum Gasteiger partial charge on any atom is 0.374 e. The monoisotopic (exact) mass is 222 g/mol. The maximum atomic E-state index is 11.0. The van der Waals surface area contributed by atoms with Crippen molar-refractivity contribution in [2.45, 2.75) is 31.7 Å². The number of aliphatic carboxylic acids is 1. The predicted octanol–water partition coefficient (Wildman–Crippen LogP) is 0.589. The van der Waals surface area contributed by atoms with Crippen LogP contribution in [0.1, 0.15) is 20.3 Å². The lowest BCUT2D eigenvalue weighted by atomic mass is 10.2. The van der Waals surface area contributed by atoms with Gasteiger partial charge in [0.05, 0.1) is 6.10 Å². The summed E-state index contributed by atoms with van der Waals surface area (Å²) >= 11 is 5.27. The molecule has 2 atom stereocenters. The quantitative estimate of drug-likeness (QED) is 0.319. The number of ketones is 1. The lowest BCUT2D eigenvalue weighted by Crippen LogP contribution is -2.33. The summed E-state index contributed by atoms with van der Waals surface area (Å²) in [4.78, 5) is 31.9. The molecule has 0 heterocycles. The molecule has 0 rings (SSSR count). The molecule has 2 unspecified atom stereocenters. The Hall–Kier alpha value is -1.10. The number of carbonyl (C=O) groups is 3. The summed E-state index contributed by atoms with van der Waals surface area (Å²) in [5.41, 5.74) is 0. The van der Waals surface area contributed by atoms with E-state index < -0.39 is 23.1 Å². The van der Waals surface area contributed by atoms with Gasteiger partial charge in [-0.3, -0.25) is 4.79 Å². The average Bonchev–Trinajstić information content (AvgIpc) is 2.14. The third-order valence-corrected chi connectivity index (χ3v) is 1.92. The van der Waals surface area contributed by atoms with Gasteiger partial charge >= 0.3 is 11.9 Å². The minimum absolute atomic E-state index is 0.384. The molecule has 0 aliphatic heterocycles. The van der Waals surface area contributed by atoms with Crippen molar-refractivity contribution >= 4 is 29.3 Å². The molecule has 0 aromatic heterocycles. The Morgan fingerprint density at radius 3 is 2.29 bits per heavy atom. The largest absolute Gasteiger partial charge is 0.475 e. The fourth-order valence-corrected chi connectivity index (χ4v) is 0.702. The third-order valence-electron chi connectivity index (χ3n) is 1.54. The first kappa shape index (κ1) is 12.9. The second kappa shape index (κ2) is 5.59. The molecule has 0 bridgehead atoms. The van der Waals surface area contributed by atoms with Gasteiger partial charge in [0, 0.05) is 0 Å². The second-order valence-corrected chi connectivity index (χ2v) is 3.12. The molecular weight excluding hydrogens is 212 g/mol. The number of hydrogen-bond donors (Lipinski definition) is 1. The fraction of sp³-hybridized carbons (Fsp3) is 0.625. The zero-order chi connectivity index (χ0) is 11.3. The Morgan fingerprint density at radius 2 is 1.93 bits per heavy atom. The predicted molar refractivity (Wildman–Crippen MR) is 48.1 cm³/mol. The van der Waals surface area contributed by atoms with Crippen LogP contribution in [0.5, 0.6) is 0 Å². The van der Waals surface area contributed by atoms with Gasteiger partial charge in [0.1, 0.15) is 0 Å². The minimum atomic E-state index is -1.76. The van der Waals surface area contributed by atoms with Crippen LogP contribution in [0.15, 0.2) is 0 Å². The van der Waals surface area contributed by atoms with Gasteiger partial charge < -0.3 is 9.84 Å². The highest BCUT2D eigenvalue weighted by Gasteiger charge is 2.31. The summed E-state index contributed by atoms with van der Waals surface area (Å²) in [5, 5.41) is 6.49. The summed E-state index contributed by atoms with van der Waals surface area (Å²) in [7, 11) is 0. The summed E-state index contributed by atoms with van der Waals surface area (Å²) in [6.07, 6.45) is 0.182. The van der Waals surface area contributed by atoms with Crippen molar-refractivity contribution in [3.63, 3.8) is 0 Å². The van der Waals surface area contributed by atoms with Crippen LogP contribution in [0.2, 0.25) is 0 Å². The van der Waals surface area contributed by atoms with Crippen molar-refractivity contribution in [3.05, 3.63) is 0 Å². The van der Waals surface area contributed by atoms with E-state index in [9.17, 15) is 14.4 Å². The second-order valence-electron chi connectivity index (χ2n) is 2.69. The number of Topliss-reactive ketones (excluding diaryl/α,β-unsaturated/α-hetero) is 1. The van der Waals surface area contributed by atoms with Gasteiger partial charge in [0.2, 0.25) is 5.38 Å². The van der Waals surface area contributed by atoms with Gasteiger partial charge in [0.25, 0.3) is 5.78 Å². The molecule has 0 aliphatic rings. The summed E-state index contributed by atoms with van der Waals surface area (Å²) in [6.45, 7) is 3.40. The van der Waals surface area contributed by atoms with Gasteiger partial charge in [-0.2, -0.15) is 0 Å². The fourth-order valence-electron chi connectivity index (χ4n) is 0.557. The van der Waals surface area contributed by atoms with Gasteiger partial charge in [-0.05, 0) is 13.3 Å². The maximum absolute atomic E-state index is 11.0. The number of alkyl halides is 1. The topological polar surface area (TPSA) is 80.7 Å². The molecule has 80 valence electrons. The normalized spacial score (nSPS) is 14.2. The number of halogens is 1. The molecule has 0 aromatic rings. The van der Waals surface area contributed by atoms with Gasteiger partial charge in [-0.1, -0.05) is 6.92 Å². The first-order chi connectivity index (χ1) is 6.40. The molecule has 0 radical (unpaired) electrons. The molecule has 5 nitrogen and oxygen atoms in total. The van der Waals surface area contributed by atoms with Crippen molar-refractivity contribution < 1.29 is 24.2 Å². The van der Waals surface area contributed by atoms with Crippen LogP contribution in [0.4, 0.5) is 0 Å². The number of rotatable bonds is 5. The number of carboxylic acid groups (broad SMARTS) is 1. The van der Waals surface area contributed by atoms with Crippen molar-refractivity contribution in [1.29, 1.82) is 0 Å².